The molecule has 1 aromatic heterocycles. The second-order valence-corrected chi connectivity index (χ2v) is 4.49. The average Bonchev–Trinajstić information content (AvgIpc) is 2.77. The average molecular weight is 260 g/mol. The van der Waals surface area contributed by atoms with E-state index in [1.807, 2.05) is 32.0 Å². The number of carbonyl (C=O) groups is 1. The van der Waals surface area contributed by atoms with E-state index in [1.165, 1.54) is 4.68 Å². The minimum absolute atomic E-state index is 0.00986. The molecule has 0 saturated carbocycles. The summed E-state index contributed by atoms with van der Waals surface area (Å²) in [6, 6.07) is 7.52. The fourth-order valence-corrected chi connectivity index (χ4v) is 2.02. The Kier molecular flexibility index (Phi) is 3.66. The second-order valence-electron chi connectivity index (χ2n) is 4.49. The number of aryl methyl sites for hydroxylation is 2. The summed E-state index contributed by atoms with van der Waals surface area (Å²) in [7, 11) is 0. The van der Waals surface area contributed by atoms with E-state index in [4.69, 9.17) is 10.2 Å². The zero-order valence-corrected chi connectivity index (χ0v) is 10.9. The number of nitrogens with zero attached hydrogens (tertiary/aromatic N) is 2. The van der Waals surface area contributed by atoms with E-state index in [-0.39, 0.29) is 18.8 Å². The van der Waals surface area contributed by atoms with Gasteiger partial charge in [0.05, 0.1) is 18.8 Å². The molecule has 0 fully saturated rings. The SMILES string of the molecule is Cc1ccc(C)c(-c2cc(C(=O)O)nn2CCO)c1. The zero-order chi connectivity index (χ0) is 14.0. The first-order valence-electron chi connectivity index (χ1n) is 6.02. The van der Waals surface area contributed by atoms with Crippen LogP contribution in [0.1, 0.15) is 21.6 Å². The molecule has 0 unspecified atom stereocenters. The van der Waals surface area contributed by atoms with E-state index >= 15 is 0 Å². The van der Waals surface area contributed by atoms with Gasteiger partial charge in [0.15, 0.2) is 5.69 Å². The molecule has 2 N–H and O–H groups in total. The van der Waals surface area contributed by atoms with Crippen LogP contribution in [0.15, 0.2) is 24.3 Å². The molecule has 2 rings (SSSR count). The number of aliphatic hydroxyl groups excluding tert-OH is 1. The highest BCUT2D eigenvalue weighted by molar-refractivity contribution is 5.87. The molecule has 0 atom stereocenters. The third kappa shape index (κ3) is 2.66. The summed E-state index contributed by atoms with van der Waals surface area (Å²) in [4.78, 5) is 11.0. The van der Waals surface area contributed by atoms with Gasteiger partial charge in [-0.3, -0.25) is 4.68 Å². The fourth-order valence-electron chi connectivity index (χ4n) is 2.02. The van der Waals surface area contributed by atoms with Crippen molar-refractivity contribution < 1.29 is 15.0 Å². The molecule has 0 aliphatic carbocycles. The van der Waals surface area contributed by atoms with Gasteiger partial charge in [0.1, 0.15) is 0 Å². The molecule has 0 spiro atoms. The molecule has 0 bridgehead atoms. The smallest absolute Gasteiger partial charge is 0.356 e. The summed E-state index contributed by atoms with van der Waals surface area (Å²) in [5, 5.41) is 22.1. The Bertz CT molecular complexity index is 617. The standard InChI is InChI=1S/C14H16N2O3/c1-9-3-4-10(2)11(7-9)13-8-12(14(18)19)15-16(13)5-6-17/h3-4,7-8,17H,5-6H2,1-2H3,(H,18,19). The highest BCUT2D eigenvalue weighted by atomic mass is 16.4. The lowest BCUT2D eigenvalue weighted by Crippen LogP contribution is -2.07. The van der Waals surface area contributed by atoms with Crippen LogP contribution in [0.5, 0.6) is 0 Å². The van der Waals surface area contributed by atoms with E-state index in [0.29, 0.717) is 5.69 Å². The van der Waals surface area contributed by atoms with Crippen molar-refractivity contribution in [3.63, 3.8) is 0 Å². The number of aromatic nitrogens is 2. The maximum absolute atomic E-state index is 11.0. The minimum atomic E-state index is -1.07. The van der Waals surface area contributed by atoms with Crippen molar-refractivity contribution in [2.75, 3.05) is 6.61 Å². The normalized spacial score (nSPS) is 10.7. The van der Waals surface area contributed by atoms with Crippen LogP contribution in [0.2, 0.25) is 0 Å². The van der Waals surface area contributed by atoms with Crippen molar-refractivity contribution in [3.05, 3.63) is 41.1 Å². The highest BCUT2D eigenvalue weighted by Crippen LogP contribution is 2.25. The van der Waals surface area contributed by atoms with Crippen LogP contribution in [0.3, 0.4) is 0 Å². The van der Waals surface area contributed by atoms with Crippen molar-refractivity contribution in [2.45, 2.75) is 20.4 Å². The molecule has 0 aliphatic heterocycles. The Hall–Kier alpha value is -2.14. The van der Waals surface area contributed by atoms with Crippen LogP contribution in [0, 0.1) is 13.8 Å². The number of aromatic carboxylic acids is 1. The van der Waals surface area contributed by atoms with Gasteiger partial charge < -0.3 is 10.2 Å². The predicted molar refractivity (Wildman–Crippen MR) is 71.2 cm³/mol. The Balaban J connectivity index is 2.59. The van der Waals surface area contributed by atoms with E-state index < -0.39 is 5.97 Å². The number of aliphatic hydroxyl groups is 1. The first kappa shape index (κ1) is 13.3. The Morgan fingerprint density at radius 2 is 2.05 bits per heavy atom. The van der Waals surface area contributed by atoms with Gasteiger partial charge in [0, 0.05) is 5.56 Å². The minimum Gasteiger partial charge on any atom is -0.476 e. The summed E-state index contributed by atoms with van der Waals surface area (Å²) in [5.41, 5.74) is 3.78. The van der Waals surface area contributed by atoms with Gasteiger partial charge in [0.2, 0.25) is 0 Å². The summed E-state index contributed by atoms with van der Waals surface area (Å²) in [6.45, 7) is 4.13. The molecule has 0 saturated heterocycles. The van der Waals surface area contributed by atoms with Gasteiger partial charge in [-0.05, 0) is 31.5 Å². The Labute approximate surface area is 111 Å². The predicted octanol–water partition coefficient (Wildman–Crippen LogP) is 1.86. The van der Waals surface area contributed by atoms with Gasteiger partial charge in [-0.25, -0.2) is 4.79 Å². The highest BCUT2D eigenvalue weighted by Gasteiger charge is 2.15. The van der Waals surface area contributed by atoms with Gasteiger partial charge in [-0.1, -0.05) is 17.7 Å². The number of carboxylic acid groups (broad SMARTS) is 1. The fraction of sp³-hybridized carbons (Fsp3) is 0.286. The molecule has 0 radical (unpaired) electrons. The van der Waals surface area contributed by atoms with Gasteiger partial charge in [-0.15, -0.1) is 0 Å². The lowest BCUT2D eigenvalue weighted by Gasteiger charge is -2.09. The molecular formula is C14H16N2O3. The third-order valence-electron chi connectivity index (χ3n) is 2.98. The second kappa shape index (κ2) is 5.24. The molecular weight excluding hydrogens is 244 g/mol. The van der Waals surface area contributed by atoms with Crippen molar-refractivity contribution in [1.29, 1.82) is 0 Å². The molecule has 1 aromatic carbocycles. The first-order chi connectivity index (χ1) is 9.02. The van der Waals surface area contributed by atoms with Gasteiger partial charge >= 0.3 is 5.97 Å². The number of hydrogen-bond acceptors (Lipinski definition) is 3. The molecule has 5 nitrogen and oxygen atoms in total. The van der Waals surface area contributed by atoms with Crippen LogP contribution in [0.25, 0.3) is 11.3 Å². The molecule has 100 valence electrons. The van der Waals surface area contributed by atoms with E-state index in [1.54, 1.807) is 6.07 Å². The molecule has 19 heavy (non-hydrogen) atoms. The van der Waals surface area contributed by atoms with Crippen LogP contribution in [-0.4, -0.2) is 32.6 Å². The van der Waals surface area contributed by atoms with Crippen molar-refractivity contribution >= 4 is 5.97 Å². The number of carboxylic acids is 1. The summed E-state index contributed by atoms with van der Waals surface area (Å²) in [5.74, 6) is -1.07. The maximum atomic E-state index is 11.0. The number of hydrogen-bond donors (Lipinski definition) is 2. The lowest BCUT2D eigenvalue weighted by atomic mass is 10.0. The van der Waals surface area contributed by atoms with E-state index in [0.717, 1.165) is 16.7 Å². The molecule has 1 heterocycles. The summed E-state index contributed by atoms with van der Waals surface area (Å²) >= 11 is 0. The van der Waals surface area contributed by atoms with Crippen molar-refractivity contribution in [2.24, 2.45) is 0 Å². The van der Waals surface area contributed by atoms with Gasteiger partial charge in [-0.2, -0.15) is 5.10 Å². The van der Waals surface area contributed by atoms with E-state index in [2.05, 4.69) is 5.10 Å². The molecule has 0 amide bonds. The lowest BCUT2D eigenvalue weighted by molar-refractivity contribution is 0.0689. The monoisotopic (exact) mass is 260 g/mol. The largest absolute Gasteiger partial charge is 0.476 e. The molecule has 2 aromatic rings. The Morgan fingerprint density at radius 3 is 2.68 bits per heavy atom. The summed E-state index contributed by atoms with van der Waals surface area (Å²) < 4.78 is 1.53. The van der Waals surface area contributed by atoms with Crippen LogP contribution < -0.4 is 0 Å². The Morgan fingerprint density at radius 1 is 1.32 bits per heavy atom. The molecule has 5 heteroatoms. The molecule has 0 aliphatic rings. The van der Waals surface area contributed by atoms with Crippen molar-refractivity contribution in [1.82, 2.24) is 9.78 Å². The quantitative estimate of drug-likeness (QED) is 0.879. The van der Waals surface area contributed by atoms with E-state index in [9.17, 15) is 4.79 Å². The van der Waals surface area contributed by atoms with Crippen LogP contribution in [0.4, 0.5) is 0 Å². The number of benzene rings is 1. The van der Waals surface area contributed by atoms with Crippen LogP contribution in [-0.2, 0) is 6.54 Å². The van der Waals surface area contributed by atoms with Crippen molar-refractivity contribution in [3.8, 4) is 11.3 Å². The topological polar surface area (TPSA) is 75.3 Å². The van der Waals surface area contributed by atoms with Gasteiger partial charge in [0.25, 0.3) is 0 Å². The third-order valence-corrected chi connectivity index (χ3v) is 2.98. The maximum Gasteiger partial charge on any atom is 0.356 e. The number of rotatable bonds is 4. The summed E-state index contributed by atoms with van der Waals surface area (Å²) in [6.07, 6.45) is 0. The first-order valence-corrected chi connectivity index (χ1v) is 6.02. The van der Waals surface area contributed by atoms with Crippen LogP contribution >= 0.6 is 0 Å². The zero-order valence-electron chi connectivity index (χ0n) is 10.9.